The molecule has 0 aliphatic heterocycles. The zero-order valence-corrected chi connectivity index (χ0v) is 15.6. The lowest BCUT2D eigenvalue weighted by Crippen LogP contribution is -2.36. The first-order valence-electron chi connectivity index (χ1n) is 7.94. The molecule has 0 amide bonds. The van der Waals surface area contributed by atoms with E-state index in [1.807, 2.05) is 4.90 Å². The van der Waals surface area contributed by atoms with Crippen molar-refractivity contribution < 1.29 is 21.6 Å². The average molecular weight is 386 g/mol. The lowest BCUT2D eigenvalue weighted by Gasteiger charge is -2.26. The van der Waals surface area contributed by atoms with Crippen LogP contribution >= 0.6 is 0 Å². The Labute approximate surface area is 151 Å². The maximum absolute atomic E-state index is 13.2. The van der Waals surface area contributed by atoms with Crippen molar-refractivity contribution in [2.24, 2.45) is 0 Å². The van der Waals surface area contributed by atoms with Crippen LogP contribution in [0.3, 0.4) is 0 Å². The molecule has 2 rings (SSSR count). The highest BCUT2D eigenvalue weighted by molar-refractivity contribution is 7.92. The summed E-state index contributed by atoms with van der Waals surface area (Å²) in [7, 11) is -0.553. The van der Waals surface area contributed by atoms with Gasteiger partial charge in [-0.3, -0.25) is 4.31 Å². The van der Waals surface area contributed by atoms with Crippen molar-refractivity contribution in [3.8, 4) is 0 Å². The van der Waals surface area contributed by atoms with Crippen molar-refractivity contribution in [3.63, 3.8) is 0 Å². The molecule has 0 bridgehead atoms. The van der Waals surface area contributed by atoms with Gasteiger partial charge in [0.2, 0.25) is 0 Å². The van der Waals surface area contributed by atoms with Gasteiger partial charge < -0.3 is 4.90 Å². The Kier molecular flexibility index (Phi) is 5.98. The topological polar surface area (TPSA) is 40.6 Å². The first-order valence-corrected chi connectivity index (χ1v) is 9.38. The highest BCUT2D eigenvalue weighted by atomic mass is 32.2. The number of alkyl halides is 3. The zero-order valence-electron chi connectivity index (χ0n) is 14.8. The summed E-state index contributed by atoms with van der Waals surface area (Å²) in [5.41, 5.74) is -0.557. The standard InChI is InChI=1S/C18H21F3N2O2S/c1-14-9-10-16(13-17(14)18(19,20)21)26(24,25)23(12-11-22(2)3)15-7-5-4-6-8-15/h4-10,13H,11-12H2,1-3H3. The SMILES string of the molecule is Cc1ccc(S(=O)(=O)N(CCN(C)C)c2ccccc2)cc1C(F)(F)F. The van der Waals surface area contributed by atoms with E-state index in [1.54, 1.807) is 44.4 Å². The summed E-state index contributed by atoms with van der Waals surface area (Å²) < 4.78 is 66.8. The highest BCUT2D eigenvalue weighted by Crippen LogP contribution is 2.34. The monoisotopic (exact) mass is 386 g/mol. The minimum atomic E-state index is -4.61. The summed E-state index contributed by atoms with van der Waals surface area (Å²) in [4.78, 5) is 1.43. The zero-order chi connectivity index (χ0) is 19.5. The van der Waals surface area contributed by atoms with Gasteiger partial charge in [0, 0.05) is 13.1 Å². The first-order chi connectivity index (χ1) is 12.0. The Hall–Kier alpha value is -2.06. The molecule has 0 aromatic heterocycles. The molecule has 0 saturated heterocycles. The van der Waals surface area contributed by atoms with Crippen molar-refractivity contribution in [1.82, 2.24) is 4.90 Å². The molecule has 142 valence electrons. The van der Waals surface area contributed by atoms with Crippen LogP contribution in [0.25, 0.3) is 0 Å². The molecule has 26 heavy (non-hydrogen) atoms. The van der Waals surface area contributed by atoms with Gasteiger partial charge in [-0.15, -0.1) is 0 Å². The van der Waals surface area contributed by atoms with Crippen molar-refractivity contribution >= 4 is 15.7 Å². The fourth-order valence-corrected chi connectivity index (χ4v) is 3.95. The lowest BCUT2D eigenvalue weighted by molar-refractivity contribution is -0.138. The molecule has 2 aromatic carbocycles. The summed E-state index contributed by atoms with van der Waals surface area (Å²) in [6.45, 7) is 1.85. The Bertz CT molecular complexity index is 850. The molecule has 0 heterocycles. The molecular weight excluding hydrogens is 365 g/mol. The second-order valence-electron chi connectivity index (χ2n) is 6.19. The molecule has 0 aliphatic rings. The minimum absolute atomic E-state index is 0.0176. The van der Waals surface area contributed by atoms with Crippen LogP contribution in [0, 0.1) is 6.92 Å². The molecule has 0 saturated carbocycles. The van der Waals surface area contributed by atoms with Crippen LogP contribution in [0.5, 0.6) is 0 Å². The molecule has 2 aromatic rings. The Morgan fingerprint density at radius 3 is 2.12 bits per heavy atom. The van der Waals surface area contributed by atoms with Crippen LogP contribution in [0.15, 0.2) is 53.4 Å². The van der Waals surface area contributed by atoms with Gasteiger partial charge in [0.05, 0.1) is 16.1 Å². The molecule has 4 nitrogen and oxygen atoms in total. The van der Waals surface area contributed by atoms with E-state index in [4.69, 9.17) is 0 Å². The number of likely N-dealkylation sites (N-methyl/N-ethyl adjacent to an activating group) is 1. The molecule has 8 heteroatoms. The Morgan fingerprint density at radius 1 is 0.962 bits per heavy atom. The van der Waals surface area contributed by atoms with Gasteiger partial charge in [-0.25, -0.2) is 8.42 Å². The number of para-hydroxylation sites is 1. The van der Waals surface area contributed by atoms with Crippen molar-refractivity contribution in [2.75, 3.05) is 31.5 Å². The molecule has 0 radical (unpaired) electrons. The lowest BCUT2D eigenvalue weighted by atomic mass is 10.1. The van der Waals surface area contributed by atoms with E-state index in [9.17, 15) is 21.6 Å². The minimum Gasteiger partial charge on any atom is -0.308 e. The van der Waals surface area contributed by atoms with Gasteiger partial charge in [0.1, 0.15) is 0 Å². The van der Waals surface area contributed by atoms with Crippen LogP contribution in [0.2, 0.25) is 0 Å². The molecule has 0 aliphatic carbocycles. The summed E-state index contributed by atoms with van der Waals surface area (Å²) in [6.07, 6.45) is -4.61. The number of anilines is 1. The second-order valence-corrected chi connectivity index (χ2v) is 8.05. The van der Waals surface area contributed by atoms with Gasteiger partial charge in [-0.2, -0.15) is 13.2 Å². The number of sulfonamides is 1. The van der Waals surface area contributed by atoms with Crippen LogP contribution < -0.4 is 4.31 Å². The maximum Gasteiger partial charge on any atom is 0.416 e. The quantitative estimate of drug-likeness (QED) is 0.759. The van der Waals surface area contributed by atoms with Crippen LogP contribution in [0.1, 0.15) is 11.1 Å². The van der Waals surface area contributed by atoms with Gasteiger partial charge in [-0.05, 0) is 50.8 Å². The normalized spacial score (nSPS) is 12.4. The number of hydrogen-bond acceptors (Lipinski definition) is 3. The maximum atomic E-state index is 13.2. The van der Waals surface area contributed by atoms with Gasteiger partial charge in [0.25, 0.3) is 10.0 Å². The van der Waals surface area contributed by atoms with Gasteiger partial charge in [0.15, 0.2) is 0 Å². The largest absolute Gasteiger partial charge is 0.416 e. The fourth-order valence-electron chi connectivity index (χ4n) is 2.47. The molecular formula is C18H21F3N2O2S. The predicted octanol–water partition coefficient (Wildman–Crippen LogP) is 3.77. The third kappa shape index (κ3) is 4.56. The van der Waals surface area contributed by atoms with E-state index in [1.165, 1.54) is 19.1 Å². The molecule has 0 atom stereocenters. The summed E-state index contributed by atoms with van der Waals surface area (Å²) in [5.74, 6) is 0. The summed E-state index contributed by atoms with van der Waals surface area (Å²) in [6, 6.07) is 11.5. The molecule has 0 unspecified atom stereocenters. The Balaban J connectivity index is 2.53. The number of aryl methyl sites for hydroxylation is 1. The molecule has 0 N–H and O–H groups in total. The van der Waals surface area contributed by atoms with Crippen molar-refractivity contribution in [1.29, 1.82) is 0 Å². The van der Waals surface area contributed by atoms with Crippen molar-refractivity contribution in [3.05, 3.63) is 59.7 Å². The average Bonchev–Trinajstić information content (AvgIpc) is 2.54. The van der Waals surface area contributed by atoms with Gasteiger partial charge >= 0.3 is 6.18 Å². The molecule has 0 fully saturated rings. The van der Waals surface area contributed by atoms with Gasteiger partial charge in [-0.1, -0.05) is 24.3 Å². The smallest absolute Gasteiger partial charge is 0.308 e. The first kappa shape index (κ1) is 20.3. The third-order valence-corrected chi connectivity index (χ3v) is 5.72. The van der Waals surface area contributed by atoms with E-state index in [-0.39, 0.29) is 17.0 Å². The van der Waals surface area contributed by atoms with E-state index < -0.39 is 21.8 Å². The Morgan fingerprint density at radius 2 is 1.58 bits per heavy atom. The highest BCUT2D eigenvalue weighted by Gasteiger charge is 2.34. The van der Waals surface area contributed by atoms with E-state index in [0.29, 0.717) is 18.3 Å². The molecule has 0 spiro atoms. The van der Waals surface area contributed by atoms with E-state index in [0.717, 1.165) is 4.31 Å². The van der Waals surface area contributed by atoms with Crippen LogP contribution in [0.4, 0.5) is 18.9 Å². The van der Waals surface area contributed by atoms with E-state index >= 15 is 0 Å². The number of rotatable bonds is 6. The second kappa shape index (κ2) is 7.67. The van der Waals surface area contributed by atoms with Crippen LogP contribution in [-0.2, 0) is 16.2 Å². The number of benzene rings is 2. The summed E-state index contributed by atoms with van der Waals surface area (Å²) in [5, 5.41) is 0. The number of hydrogen-bond donors (Lipinski definition) is 0. The van der Waals surface area contributed by atoms with Crippen LogP contribution in [-0.4, -0.2) is 40.5 Å². The summed E-state index contributed by atoms with van der Waals surface area (Å²) >= 11 is 0. The van der Waals surface area contributed by atoms with Crippen molar-refractivity contribution in [2.45, 2.75) is 18.0 Å². The predicted molar refractivity (Wildman–Crippen MR) is 95.7 cm³/mol. The van der Waals surface area contributed by atoms with E-state index in [2.05, 4.69) is 0 Å². The fraction of sp³-hybridized carbons (Fsp3) is 0.333. The number of nitrogens with zero attached hydrogens (tertiary/aromatic N) is 2. The number of halogens is 3. The third-order valence-electron chi connectivity index (χ3n) is 3.90.